The molecule has 0 amide bonds. The summed E-state index contributed by atoms with van der Waals surface area (Å²) in [7, 11) is 0. The zero-order valence-corrected chi connectivity index (χ0v) is 14.0. The van der Waals surface area contributed by atoms with E-state index in [-0.39, 0.29) is 5.41 Å². The van der Waals surface area contributed by atoms with Crippen molar-refractivity contribution in [2.24, 2.45) is 23.7 Å². The van der Waals surface area contributed by atoms with Gasteiger partial charge in [0.15, 0.2) is 0 Å². The third-order valence-corrected chi connectivity index (χ3v) is 7.62. The molecule has 5 saturated carbocycles. The van der Waals surface area contributed by atoms with E-state index in [1.807, 2.05) is 0 Å². The van der Waals surface area contributed by atoms with Crippen LogP contribution in [0.2, 0.25) is 0 Å². The molecule has 124 valence electrons. The molecule has 0 heterocycles. The van der Waals surface area contributed by atoms with Crippen molar-refractivity contribution in [3.05, 3.63) is 35.9 Å². The molecule has 5 fully saturated rings. The number of aliphatic hydroxyl groups is 1. The summed E-state index contributed by atoms with van der Waals surface area (Å²) in [6.45, 7) is 1.39. The minimum atomic E-state index is 0.0382. The van der Waals surface area contributed by atoms with Crippen molar-refractivity contribution in [1.82, 2.24) is 5.32 Å². The predicted octanol–water partition coefficient (Wildman–Crippen LogP) is 3.50. The van der Waals surface area contributed by atoms with Crippen molar-refractivity contribution in [3.63, 3.8) is 0 Å². The molecule has 2 atom stereocenters. The van der Waals surface area contributed by atoms with Gasteiger partial charge >= 0.3 is 0 Å². The fourth-order valence-electron chi connectivity index (χ4n) is 6.72. The van der Waals surface area contributed by atoms with Gasteiger partial charge in [-0.3, -0.25) is 0 Å². The molecule has 0 aliphatic heterocycles. The Morgan fingerprint density at radius 2 is 1.52 bits per heavy atom. The number of benzene rings is 1. The largest absolute Gasteiger partial charge is 0.395 e. The quantitative estimate of drug-likeness (QED) is 0.872. The summed E-state index contributed by atoms with van der Waals surface area (Å²) in [5.74, 6) is 3.63. The number of rotatable bonds is 5. The van der Waals surface area contributed by atoms with Crippen LogP contribution in [0.15, 0.2) is 30.3 Å². The molecule has 5 aliphatic carbocycles. The van der Waals surface area contributed by atoms with Gasteiger partial charge in [0.05, 0.1) is 6.61 Å². The molecule has 0 aromatic heterocycles. The maximum absolute atomic E-state index is 10.0. The summed E-state index contributed by atoms with van der Waals surface area (Å²) in [6.07, 6.45) is 9.93. The average molecular weight is 311 g/mol. The van der Waals surface area contributed by atoms with E-state index < -0.39 is 0 Å². The summed E-state index contributed by atoms with van der Waals surface area (Å²) in [5, 5.41) is 14.1. The Bertz CT molecular complexity index is 547. The molecular formula is C21H29NO. The molecule has 2 N–H and O–H groups in total. The average Bonchev–Trinajstić information content (AvgIpc) is 3.28. The van der Waals surface area contributed by atoms with E-state index in [1.165, 1.54) is 44.1 Å². The normalized spacial score (nSPS) is 47.0. The summed E-state index contributed by atoms with van der Waals surface area (Å²) in [5.41, 5.74) is 1.83. The molecule has 1 aromatic rings. The maximum atomic E-state index is 10.0. The Morgan fingerprint density at radius 1 is 0.913 bits per heavy atom. The standard InChI is InChI=1S/C21H29NO/c23-14-21(18-4-2-1-3-5-18)12-19(21)13-22-20-9-15-6-16(10-20)8-17(7-15)11-20/h1-5,15-17,19,22-23H,6-14H2/t15?,16?,17?,19-,20?,21+/m0/s1. The van der Waals surface area contributed by atoms with Gasteiger partial charge in [-0.2, -0.15) is 0 Å². The first kappa shape index (κ1) is 14.5. The minimum absolute atomic E-state index is 0.0382. The fourth-order valence-corrected chi connectivity index (χ4v) is 6.72. The second-order valence-electron chi connectivity index (χ2n) is 9.16. The molecule has 0 spiro atoms. The lowest BCUT2D eigenvalue weighted by atomic mass is 9.53. The van der Waals surface area contributed by atoms with Crippen LogP contribution in [0.1, 0.15) is 50.5 Å². The van der Waals surface area contributed by atoms with Gasteiger partial charge in [-0.25, -0.2) is 0 Å². The van der Waals surface area contributed by atoms with Gasteiger partial charge in [-0.1, -0.05) is 30.3 Å². The van der Waals surface area contributed by atoms with Crippen molar-refractivity contribution in [2.75, 3.05) is 13.2 Å². The van der Waals surface area contributed by atoms with E-state index >= 15 is 0 Å². The van der Waals surface area contributed by atoms with Gasteiger partial charge in [-0.15, -0.1) is 0 Å². The van der Waals surface area contributed by atoms with Crippen molar-refractivity contribution in [2.45, 2.75) is 55.9 Å². The van der Waals surface area contributed by atoms with Crippen LogP contribution >= 0.6 is 0 Å². The van der Waals surface area contributed by atoms with Crippen molar-refractivity contribution in [1.29, 1.82) is 0 Å². The summed E-state index contributed by atoms with van der Waals surface area (Å²) in [4.78, 5) is 0. The van der Waals surface area contributed by atoms with Gasteiger partial charge in [0.2, 0.25) is 0 Å². The summed E-state index contributed by atoms with van der Waals surface area (Å²) in [6, 6.07) is 10.7. The number of hydrogen-bond acceptors (Lipinski definition) is 2. The van der Waals surface area contributed by atoms with Gasteiger partial charge in [0.1, 0.15) is 0 Å². The molecule has 0 unspecified atom stereocenters. The zero-order valence-electron chi connectivity index (χ0n) is 14.0. The SMILES string of the molecule is OC[C@@]1(c2ccccc2)C[C@H]1CNC12CC3CC(CC(C3)C1)C2. The maximum Gasteiger partial charge on any atom is 0.0531 e. The first-order valence-electron chi connectivity index (χ1n) is 9.63. The lowest BCUT2D eigenvalue weighted by Gasteiger charge is -2.57. The van der Waals surface area contributed by atoms with Crippen LogP contribution < -0.4 is 5.32 Å². The molecule has 6 rings (SSSR count). The van der Waals surface area contributed by atoms with Crippen molar-refractivity contribution < 1.29 is 5.11 Å². The third kappa shape index (κ3) is 2.29. The van der Waals surface area contributed by atoms with Crippen molar-refractivity contribution >= 4 is 0 Å². The first-order chi connectivity index (χ1) is 11.2. The van der Waals surface area contributed by atoms with E-state index in [2.05, 4.69) is 35.6 Å². The van der Waals surface area contributed by atoms with E-state index in [0.29, 0.717) is 18.1 Å². The van der Waals surface area contributed by atoms with Crippen LogP contribution in [-0.4, -0.2) is 23.8 Å². The highest BCUT2D eigenvalue weighted by atomic mass is 16.3. The first-order valence-corrected chi connectivity index (χ1v) is 9.63. The molecular weight excluding hydrogens is 282 g/mol. The van der Waals surface area contributed by atoms with Crippen LogP contribution in [0, 0.1) is 23.7 Å². The molecule has 23 heavy (non-hydrogen) atoms. The minimum Gasteiger partial charge on any atom is -0.395 e. The predicted molar refractivity (Wildman–Crippen MR) is 92.2 cm³/mol. The van der Waals surface area contributed by atoms with Crippen LogP contribution in [-0.2, 0) is 5.41 Å². The van der Waals surface area contributed by atoms with Crippen LogP contribution in [0.4, 0.5) is 0 Å². The van der Waals surface area contributed by atoms with Gasteiger partial charge in [0, 0.05) is 11.0 Å². The zero-order chi connectivity index (χ0) is 15.5. The highest BCUT2D eigenvalue weighted by Crippen LogP contribution is 2.57. The molecule has 5 aliphatic rings. The second-order valence-corrected chi connectivity index (χ2v) is 9.16. The van der Waals surface area contributed by atoms with Gasteiger partial charge in [0.25, 0.3) is 0 Å². The molecule has 2 heteroatoms. The summed E-state index contributed by atoms with van der Waals surface area (Å²) < 4.78 is 0. The highest BCUT2D eigenvalue weighted by Gasteiger charge is 2.56. The highest BCUT2D eigenvalue weighted by molar-refractivity contribution is 5.34. The Labute approximate surface area is 139 Å². The Hall–Kier alpha value is -0.860. The van der Waals surface area contributed by atoms with Crippen LogP contribution in [0.3, 0.4) is 0 Å². The molecule has 4 bridgehead atoms. The lowest BCUT2D eigenvalue weighted by Crippen LogP contribution is -2.58. The summed E-state index contributed by atoms with van der Waals surface area (Å²) >= 11 is 0. The Kier molecular flexibility index (Phi) is 3.19. The number of aliphatic hydroxyl groups excluding tert-OH is 1. The van der Waals surface area contributed by atoms with Crippen LogP contribution in [0.5, 0.6) is 0 Å². The van der Waals surface area contributed by atoms with Gasteiger partial charge < -0.3 is 10.4 Å². The van der Waals surface area contributed by atoms with Gasteiger partial charge in [-0.05, 0) is 80.7 Å². The number of hydrogen-bond donors (Lipinski definition) is 2. The molecule has 2 nitrogen and oxygen atoms in total. The fraction of sp³-hybridized carbons (Fsp3) is 0.714. The van der Waals surface area contributed by atoms with E-state index in [1.54, 1.807) is 0 Å². The topological polar surface area (TPSA) is 32.3 Å². The smallest absolute Gasteiger partial charge is 0.0531 e. The lowest BCUT2D eigenvalue weighted by molar-refractivity contribution is -0.0203. The van der Waals surface area contributed by atoms with E-state index in [9.17, 15) is 5.11 Å². The molecule has 0 saturated heterocycles. The van der Waals surface area contributed by atoms with E-state index in [0.717, 1.165) is 30.7 Å². The number of nitrogens with one attached hydrogen (secondary N) is 1. The Balaban J connectivity index is 1.27. The Morgan fingerprint density at radius 3 is 2.09 bits per heavy atom. The second kappa shape index (κ2) is 5.07. The van der Waals surface area contributed by atoms with Crippen LogP contribution in [0.25, 0.3) is 0 Å². The monoisotopic (exact) mass is 311 g/mol. The van der Waals surface area contributed by atoms with Crippen molar-refractivity contribution in [3.8, 4) is 0 Å². The third-order valence-electron chi connectivity index (χ3n) is 7.62. The van der Waals surface area contributed by atoms with E-state index in [4.69, 9.17) is 0 Å². The molecule has 1 aromatic carbocycles. The molecule has 0 radical (unpaired) electrons.